The van der Waals surface area contributed by atoms with E-state index in [0.29, 0.717) is 30.9 Å². The van der Waals surface area contributed by atoms with Crippen molar-refractivity contribution in [3.8, 4) is 5.75 Å². The van der Waals surface area contributed by atoms with Crippen molar-refractivity contribution >= 4 is 5.57 Å². The number of hydrogen-bond donors (Lipinski definition) is 0. The van der Waals surface area contributed by atoms with Crippen molar-refractivity contribution in [1.82, 2.24) is 0 Å². The van der Waals surface area contributed by atoms with Crippen LogP contribution >= 0.6 is 0 Å². The zero-order valence-electron chi connectivity index (χ0n) is 23.1. The van der Waals surface area contributed by atoms with Crippen LogP contribution in [0.25, 0.3) is 5.57 Å². The summed E-state index contributed by atoms with van der Waals surface area (Å²) < 4.78 is 50.2. The van der Waals surface area contributed by atoms with Crippen LogP contribution in [0.5, 0.6) is 5.75 Å². The van der Waals surface area contributed by atoms with Gasteiger partial charge in [0.25, 0.3) is 0 Å². The summed E-state index contributed by atoms with van der Waals surface area (Å²) in [4.78, 5) is 0. The maximum absolute atomic E-state index is 15.2. The van der Waals surface area contributed by atoms with Crippen LogP contribution in [0.15, 0.2) is 48.6 Å². The predicted molar refractivity (Wildman–Crippen MR) is 151 cm³/mol. The van der Waals surface area contributed by atoms with Crippen molar-refractivity contribution in [1.29, 1.82) is 0 Å². The molecule has 0 N–H and O–H groups in total. The Labute approximate surface area is 227 Å². The summed E-state index contributed by atoms with van der Waals surface area (Å²) in [5.74, 6) is -0.580. The summed E-state index contributed by atoms with van der Waals surface area (Å²) in [5.41, 5.74) is 2.99. The van der Waals surface area contributed by atoms with Gasteiger partial charge in [0.1, 0.15) is 5.82 Å². The van der Waals surface area contributed by atoms with E-state index >= 15 is 4.39 Å². The summed E-state index contributed by atoms with van der Waals surface area (Å²) in [7, 11) is 0. The minimum Gasteiger partial charge on any atom is -0.490 e. The zero-order chi connectivity index (χ0) is 26.9. The number of ether oxygens (including phenoxy) is 1. The van der Waals surface area contributed by atoms with E-state index in [-0.39, 0.29) is 17.5 Å². The minimum absolute atomic E-state index is 0.0191. The molecule has 0 saturated heterocycles. The van der Waals surface area contributed by atoms with Gasteiger partial charge in [0.2, 0.25) is 5.82 Å². The van der Waals surface area contributed by atoms with Crippen LogP contribution in [0.2, 0.25) is 0 Å². The van der Waals surface area contributed by atoms with E-state index in [4.69, 9.17) is 4.74 Å². The van der Waals surface area contributed by atoms with Crippen LogP contribution in [0.1, 0.15) is 119 Å². The Morgan fingerprint density at radius 2 is 1.74 bits per heavy atom. The van der Waals surface area contributed by atoms with E-state index in [1.807, 2.05) is 12.1 Å². The van der Waals surface area contributed by atoms with Gasteiger partial charge in [0.15, 0.2) is 11.6 Å². The lowest BCUT2D eigenvalue weighted by Crippen LogP contribution is -2.14. The highest BCUT2D eigenvalue weighted by atomic mass is 19.2. The topological polar surface area (TPSA) is 9.23 Å². The second-order valence-corrected chi connectivity index (χ2v) is 11.1. The molecule has 1 unspecified atom stereocenters. The number of benzene rings is 2. The highest BCUT2D eigenvalue weighted by Gasteiger charge is 2.26. The smallest absolute Gasteiger partial charge is 0.201 e. The summed E-state index contributed by atoms with van der Waals surface area (Å²) in [6, 6.07) is 8.98. The van der Waals surface area contributed by atoms with E-state index < -0.39 is 11.6 Å². The molecule has 1 fully saturated rings. The molecule has 1 atom stereocenters. The van der Waals surface area contributed by atoms with Crippen molar-refractivity contribution in [2.45, 2.75) is 103 Å². The van der Waals surface area contributed by atoms with Gasteiger partial charge in [-0.2, -0.15) is 4.39 Å². The van der Waals surface area contributed by atoms with Gasteiger partial charge in [-0.3, -0.25) is 0 Å². The quantitative estimate of drug-likeness (QED) is 0.210. The molecule has 1 saturated carbocycles. The second kappa shape index (κ2) is 14.1. The molecular formula is C34H43F3O. The molecule has 2 aliphatic rings. The van der Waals surface area contributed by atoms with Crippen LogP contribution in [-0.4, -0.2) is 6.61 Å². The van der Waals surface area contributed by atoms with Gasteiger partial charge in [0.05, 0.1) is 6.61 Å². The molecule has 4 heteroatoms. The number of halogens is 3. The van der Waals surface area contributed by atoms with Gasteiger partial charge in [-0.15, -0.1) is 0 Å². The predicted octanol–water partition coefficient (Wildman–Crippen LogP) is 10.7. The van der Waals surface area contributed by atoms with Gasteiger partial charge in [-0.05, 0) is 124 Å². The Morgan fingerprint density at radius 1 is 0.921 bits per heavy atom. The molecule has 0 heterocycles. The number of hydrogen-bond acceptors (Lipinski definition) is 1. The lowest BCUT2D eigenvalue weighted by atomic mass is 9.76. The molecule has 2 aromatic rings. The first kappa shape index (κ1) is 28.5. The molecule has 0 amide bonds. The molecule has 2 aliphatic carbocycles. The number of unbranched alkanes of at least 4 members (excludes halogenated alkanes) is 2. The van der Waals surface area contributed by atoms with Gasteiger partial charge in [0, 0.05) is 5.56 Å². The summed E-state index contributed by atoms with van der Waals surface area (Å²) in [6.45, 7) is 4.54. The molecule has 4 rings (SSSR count). The van der Waals surface area contributed by atoms with Crippen LogP contribution in [-0.2, 0) is 0 Å². The average molecular weight is 525 g/mol. The lowest BCUT2D eigenvalue weighted by molar-refractivity contribution is 0.286. The standard InChI is InChI=1S/C34H43F3O/c1-3-5-7-9-24-10-12-26(13-11-24)29-19-18-28(23-31(29)35)25-14-16-27(17-15-25)30-20-21-32(34(37)33(30)36)38-22-8-6-4-2/h3,5,16,18-21,23-26H,4,6-15,17,22H2,1-2H3/b5-3+. The van der Waals surface area contributed by atoms with E-state index in [1.54, 1.807) is 12.1 Å². The van der Waals surface area contributed by atoms with Crippen LogP contribution < -0.4 is 4.74 Å². The van der Waals surface area contributed by atoms with Crippen LogP contribution in [0.3, 0.4) is 0 Å². The largest absolute Gasteiger partial charge is 0.490 e. The number of rotatable bonds is 11. The summed E-state index contributed by atoms with van der Waals surface area (Å²) in [5, 5.41) is 0. The molecule has 0 aliphatic heterocycles. The third kappa shape index (κ3) is 7.12. The third-order valence-corrected chi connectivity index (χ3v) is 8.57. The Kier molecular flexibility index (Phi) is 10.5. The molecule has 0 spiro atoms. The first-order chi connectivity index (χ1) is 18.5. The third-order valence-electron chi connectivity index (χ3n) is 8.57. The summed E-state index contributed by atoms with van der Waals surface area (Å²) in [6.07, 6.45) is 18.2. The van der Waals surface area contributed by atoms with Gasteiger partial charge in [-0.1, -0.05) is 50.1 Å². The Balaban J connectivity index is 1.35. The molecular weight excluding hydrogens is 481 g/mol. The molecule has 38 heavy (non-hydrogen) atoms. The maximum atomic E-state index is 15.2. The highest BCUT2D eigenvalue weighted by Crippen LogP contribution is 2.41. The molecule has 1 nitrogen and oxygen atoms in total. The molecule has 2 aromatic carbocycles. The first-order valence-corrected chi connectivity index (χ1v) is 14.7. The molecule has 0 bridgehead atoms. The number of allylic oxidation sites excluding steroid dienone is 4. The Hall–Kier alpha value is -2.49. The van der Waals surface area contributed by atoms with Gasteiger partial charge < -0.3 is 4.74 Å². The lowest BCUT2D eigenvalue weighted by Gasteiger charge is -2.29. The average Bonchev–Trinajstić information content (AvgIpc) is 2.94. The van der Waals surface area contributed by atoms with E-state index in [9.17, 15) is 8.78 Å². The SMILES string of the molecule is C/C=C/CCC1CCC(c2ccc(C3CC=C(c4ccc(OCCCCC)c(F)c4F)CC3)cc2F)CC1. The van der Waals surface area contributed by atoms with E-state index in [0.717, 1.165) is 67.6 Å². The fourth-order valence-electron chi connectivity index (χ4n) is 6.20. The van der Waals surface area contributed by atoms with Crippen LogP contribution in [0, 0.1) is 23.4 Å². The van der Waals surface area contributed by atoms with Crippen LogP contribution in [0.4, 0.5) is 13.2 Å². The second-order valence-electron chi connectivity index (χ2n) is 11.1. The fraction of sp³-hybridized carbons (Fsp3) is 0.529. The highest BCUT2D eigenvalue weighted by molar-refractivity contribution is 5.68. The molecule has 0 aromatic heterocycles. The Bertz CT molecular complexity index is 1110. The normalized spacial score (nSPS) is 22.0. The van der Waals surface area contributed by atoms with Gasteiger partial charge >= 0.3 is 0 Å². The Morgan fingerprint density at radius 3 is 2.42 bits per heavy atom. The minimum atomic E-state index is -0.911. The van der Waals surface area contributed by atoms with E-state index in [1.165, 1.54) is 25.3 Å². The summed E-state index contributed by atoms with van der Waals surface area (Å²) >= 11 is 0. The van der Waals surface area contributed by atoms with Crippen molar-refractivity contribution in [2.24, 2.45) is 5.92 Å². The van der Waals surface area contributed by atoms with Crippen molar-refractivity contribution < 1.29 is 17.9 Å². The molecule has 0 radical (unpaired) electrons. The van der Waals surface area contributed by atoms with E-state index in [2.05, 4.69) is 32.1 Å². The first-order valence-electron chi connectivity index (χ1n) is 14.7. The monoisotopic (exact) mass is 524 g/mol. The van der Waals surface area contributed by atoms with Crippen molar-refractivity contribution in [2.75, 3.05) is 6.61 Å². The fourth-order valence-corrected chi connectivity index (χ4v) is 6.20. The van der Waals surface area contributed by atoms with Crippen molar-refractivity contribution in [3.63, 3.8) is 0 Å². The van der Waals surface area contributed by atoms with Gasteiger partial charge in [-0.25, -0.2) is 8.78 Å². The zero-order valence-corrected chi connectivity index (χ0v) is 23.1. The van der Waals surface area contributed by atoms with Crippen molar-refractivity contribution in [3.05, 3.63) is 82.7 Å². The molecule has 206 valence electrons. The maximum Gasteiger partial charge on any atom is 0.201 e.